The highest BCUT2D eigenvalue weighted by atomic mass is 35.5. The molecule has 0 saturated carbocycles. The van der Waals surface area contributed by atoms with Crippen molar-refractivity contribution in [3.05, 3.63) is 29.8 Å². The van der Waals surface area contributed by atoms with Gasteiger partial charge in [0, 0.05) is 6.42 Å². The number of benzene rings is 1. The molecule has 0 unspecified atom stereocenters. The van der Waals surface area contributed by atoms with Crippen LogP contribution >= 0.6 is 12.4 Å². The Morgan fingerprint density at radius 2 is 1.88 bits per heavy atom. The van der Waals surface area contributed by atoms with E-state index in [9.17, 15) is 4.79 Å². The minimum Gasteiger partial charge on any atom is -0.493 e. The van der Waals surface area contributed by atoms with Crippen LogP contribution in [0, 0.1) is 0 Å². The first-order chi connectivity index (χ1) is 7.71. The molecule has 3 nitrogen and oxygen atoms in total. The molecule has 1 rings (SSSR count). The standard InChI is InChI=1S/C13H16O3.ClH/c1-4-11(14)7-5-10-6-8-12(15-2)13(9-10)16-3;/h5-9H,4H2,1-3H3;1H. The lowest BCUT2D eigenvalue weighted by Gasteiger charge is -2.07. The van der Waals surface area contributed by atoms with E-state index in [4.69, 9.17) is 9.47 Å². The topological polar surface area (TPSA) is 35.5 Å². The average Bonchev–Trinajstić information content (AvgIpc) is 2.35. The third-order valence-electron chi connectivity index (χ3n) is 2.22. The molecule has 17 heavy (non-hydrogen) atoms. The van der Waals surface area contributed by atoms with Crippen molar-refractivity contribution < 1.29 is 14.3 Å². The van der Waals surface area contributed by atoms with Gasteiger partial charge in [0.05, 0.1) is 14.2 Å². The van der Waals surface area contributed by atoms with Crippen LogP contribution in [0.4, 0.5) is 0 Å². The van der Waals surface area contributed by atoms with Gasteiger partial charge < -0.3 is 9.47 Å². The molecule has 0 fully saturated rings. The monoisotopic (exact) mass is 256 g/mol. The lowest BCUT2D eigenvalue weighted by atomic mass is 10.1. The predicted molar refractivity (Wildman–Crippen MR) is 71.1 cm³/mol. The van der Waals surface area contributed by atoms with Crippen LogP contribution < -0.4 is 9.47 Å². The first kappa shape index (κ1) is 15.5. The quantitative estimate of drug-likeness (QED) is 0.760. The summed E-state index contributed by atoms with van der Waals surface area (Å²) in [6.07, 6.45) is 3.86. The second kappa shape index (κ2) is 7.74. The summed E-state index contributed by atoms with van der Waals surface area (Å²) in [5, 5.41) is 0. The molecular weight excluding hydrogens is 240 g/mol. The van der Waals surface area contributed by atoms with Crippen molar-refractivity contribution in [1.82, 2.24) is 0 Å². The first-order valence-corrected chi connectivity index (χ1v) is 5.14. The highest BCUT2D eigenvalue weighted by Gasteiger charge is 2.02. The summed E-state index contributed by atoms with van der Waals surface area (Å²) < 4.78 is 10.3. The molecule has 0 N–H and O–H groups in total. The van der Waals surface area contributed by atoms with E-state index in [1.807, 2.05) is 25.1 Å². The average molecular weight is 257 g/mol. The van der Waals surface area contributed by atoms with E-state index in [2.05, 4.69) is 0 Å². The molecule has 0 spiro atoms. The summed E-state index contributed by atoms with van der Waals surface area (Å²) in [6, 6.07) is 5.52. The molecular formula is C13H17ClO3. The minimum atomic E-state index is 0. The van der Waals surface area contributed by atoms with Gasteiger partial charge in [-0.1, -0.05) is 19.1 Å². The van der Waals surface area contributed by atoms with Gasteiger partial charge in [0.25, 0.3) is 0 Å². The Morgan fingerprint density at radius 1 is 1.24 bits per heavy atom. The third-order valence-corrected chi connectivity index (χ3v) is 2.22. The number of rotatable bonds is 5. The Kier molecular flexibility index (Phi) is 7.06. The van der Waals surface area contributed by atoms with Crippen LogP contribution in [-0.2, 0) is 4.79 Å². The smallest absolute Gasteiger partial charge is 0.161 e. The molecule has 0 aliphatic carbocycles. The molecule has 0 heterocycles. The molecule has 0 amide bonds. The van der Waals surface area contributed by atoms with Gasteiger partial charge in [-0.2, -0.15) is 0 Å². The van der Waals surface area contributed by atoms with Crippen molar-refractivity contribution in [2.24, 2.45) is 0 Å². The molecule has 1 aromatic carbocycles. The molecule has 0 saturated heterocycles. The van der Waals surface area contributed by atoms with Gasteiger partial charge in [-0.05, 0) is 23.8 Å². The molecule has 0 aromatic heterocycles. The maximum atomic E-state index is 11.1. The van der Waals surface area contributed by atoms with E-state index >= 15 is 0 Å². The van der Waals surface area contributed by atoms with Crippen molar-refractivity contribution in [2.75, 3.05) is 14.2 Å². The fourth-order valence-electron chi connectivity index (χ4n) is 1.26. The van der Waals surface area contributed by atoms with E-state index in [-0.39, 0.29) is 18.2 Å². The summed E-state index contributed by atoms with van der Waals surface area (Å²) in [7, 11) is 3.18. The van der Waals surface area contributed by atoms with E-state index < -0.39 is 0 Å². The predicted octanol–water partition coefficient (Wildman–Crippen LogP) is 3.12. The summed E-state index contributed by atoms with van der Waals surface area (Å²) in [6.45, 7) is 1.83. The summed E-state index contributed by atoms with van der Waals surface area (Å²) >= 11 is 0. The van der Waals surface area contributed by atoms with Crippen molar-refractivity contribution in [3.63, 3.8) is 0 Å². The fraction of sp³-hybridized carbons (Fsp3) is 0.308. The number of hydrogen-bond acceptors (Lipinski definition) is 3. The lowest BCUT2D eigenvalue weighted by Crippen LogP contribution is -1.91. The number of ketones is 1. The van der Waals surface area contributed by atoms with Gasteiger partial charge in [-0.15, -0.1) is 12.4 Å². The van der Waals surface area contributed by atoms with E-state index in [1.54, 1.807) is 26.4 Å². The zero-order valence-electron chi connectivity index (χ0n) is 10.2. The molecule has 0 aliphatic heterocycles. The Labute approximate surface area is 108 Å². The Balaban J connectivity index is 0.00000256. The lowest BCUT2D eigenvalue weighted by molar-refractivity contribution is -0.114. The molecule has 0 atom stereocenters. The Bertz CT molecular complexity index is 400. The van der Waals surface area contributed by atoms with Gasteiger partial charge in [0.1, 0.15) is 0 Å². The van der Waals surface area contributed by atoms with E-state index in [0.29, 0.717) is 17.9 Å². The molecule has 0 radical (unpaired) electrons. The minimum absolute atomic E-state index is 0. The van der Waals surface area contributed by atoms with Crippen LogP contribution in [0.2, 0.25) is 0 Å². The van der Waals surface area contributed by atoms with Gasteiger partial charge in [0.15, 0.2) is 17.3 Å². The summed E-state index contributed by atoms with van der Waals surface area (Å²) in [5.74, 6) is 1.45. The number of hydrogen-bond donors (Lipinski definition) is 0. The molecule has 94 valence electrons. The van der Waals surface area contributed by atoms with Gasteiger partial charge in [-0.25, -0.2) is 0 Å². The highest BCUT2D eigenvalue weighted by Crippen LogP contribution is 2.27. The van der Waals surface area contributed by atoms with Gasteiger partial charge >= 0.3 is 0 Å². The van der Waals surface area contributed by atoms with Crippen LogP contribution in [0.1, 0.15) is 18.9 Å². The zero-order chi connectivity index (χ0) is 12.0. The SMILES string of the molecule is CCC(=O)C=Cc1ccc(OC)c(OC)c1.Cl. The van der Waals surface area contributed by atoms with Crippen molar-refractivity contribution in [2.45, 2.75) is 13.3 Å². The van der Waals surface area contributed by atoms with Crippen LogP contribution in [-0.4, -0.2) is 20.0 Å². The number of methoxy groups -OCH3 is 2. The van der Waals surface area contributed by atoms with Crippen molar-refractivity contribution >= 4 is 24.3 Å². The Hall–Kier alpha value is -1.48. The highest BCUT2D eigenvalue weighted by molar-refractivity contribution is 5.93. The molecule has 0 aliphatic rings. The number of halogens is 1. The molecule has 0 bridgehead atoms. The van der Waals surface area contributed by atoms with E-state index in [0.717, 1.165) is 5.56 Å². The van der Waals surface area contributed by atoms with Crippen LogP contribution in [0.5, 0.6) is 11.5 Å². The van der Waals surface area contributed by atoms with Gasteiger partial charge in [-0.3, -0.25) is 4.79 Å². The van der Waals surface area contributed by atoms with Crippen molar-refractivity contribution in [1.29, 1.82) is 0 Å². The summed E-state index contributed by atoms with van der Waals surface area (Å²) in [5.41, 5.74) is 0.916. The third kappa shape index (κ3) is 4.49. The van der Waals surface area contributed by atoms with Crippen molar-refractivity contribution in [3.8, 4) is 11.5 Å². The first-order valence-electron chi connectivity index (χ1n) is 5.14. The Morgan fingerprint density at radius 3 is 2.41 bits per heavy atom. The normalized spacial score (nSPS) is 9.82. The maximum Gasteiger partial charge on any atom is 0.161 e. The maximum absolute atomic E-state index is 11.1. The van der Waals surface area contributed by atoms with Crippen LogP contribution in [0.15, 0.2) is 24.3 Å². The fourth-order valence-corrected chi connectivity index (χ4v) is 1.26. The van der Waals surface area contributed by atoms with E-state index in [1.165, 1.54) is 0 Å². The van der Waals surface area contributed by atoms with Crippen LogP contribution in [0.25, 0.3) is 6.08 Å². The number of allylic oxidation sites excluding steroid dienone is 1. The largest absolute Gasteiger partial charge is 0.493 e. The number of ether oxygens (including phenoxy) is 2. The molecule has 1 aromatic rings. The second-order valence-electron chi connectivity index (χ2n) is 3.27. The number of carbonyl (C=O) groups is 1. The zero-order valence-corrected chi connectivity index (χ0v) is 11.0. The number of carbonyl (C=O) groups excluding carboxylic acids is 1. The molecule has 4 heteroatoms. The van der Waals surface area contributed by atoms with Crippen LogP contribution in [0.3, 0.4) is 0 Å². The summed E-state index contributed by atoms with van der Waals surface area (Å²) in [4.78, 5) is 11.1. The van der Waals surface area contributed by atoms with Gasteiger partial charge in [0.2, 0.25) is 0 Å². The second-order valence-corrected chi connectivity index (χ2v) is 3.27.